The van der Waals surface area contributed by atoms with Crippen LogP contribution in [0.5, 0.6) is 0 Å². The second-order valence-corrected chi connectivity index (χ2v) is 2.64. The summed E-state index contributed by atoms with van der Waals surface area (Å²) < 4.78 is 0. The predicted octanol–water partition coefficient (Wildman–Crippen LogP) is 1.38. The lowest BCUT2D eigenvalue weighted by molar-refractivity contribution is -0.112. The van der Waals surface area contributed by atoms with Gasteiger partial charge in [0, 0.05) is 18.1 Å². The van der Waals surface area contributed by atoms with E-state index in [0.29, 0.717) is 5.95 Å². The summed E-state index contributed by atoms with van der Waals surface area (Å²) in [4.78, 5) is 18.6. The number of aromatic nitrogens is 2. The van der Waals surface area contributed by atoms with E-state index >= 15 is 0 Å². The van der Waals surface area contributed by atoms with Crippen molar-refractivity contribution in [2.24, 2.45) is 0 Å². The van der Waals surface area contributed by atoms with Crippen molar-refractivity contribution >= 4 is 11.7 Å². The quantitative estimate of drug-likeness (QED) is 0.709. The Morgan fingerprint density at radius 2 is 2.00 bits per heavy atom. The molecule has 1 rings (SSSR count). The highest BCUT2D eigenvalue weighted by Crippen LogP contribution is 1.99. The molecule has 0 aliphatic heterocycles. The molecule has 0 unspecified atom stereocenters. The number of nitrogens with zero attached hydrogens (tertiary/aromatic N) is 2. The predicted molar refractivity (Wildman–Crippen MR) is 50.1 cm³/mol. The highest BCUT2D eigenvalue weighted by molar-refractivity contribution is 5.88. The topological polar surface area (TPSA) is 54.9 Å². The van der Waals surface area contributed by atoms with Crippen molar-refractivity contribution in [3.05, 3.63) is 30.2 Å². The molecule has 0 amide bonds. The number of nitrogens with one attached hydrogen (secondary N) is 1. The zero-order chi connectivity index (χ0) is 9.68. The van der Waals surface area contributed by atoms with Gasteiger partial charge in [-0.3, -0.25) is 4.79 Å². The lowest BCUT2D eigenvalue weighted by atomic mass is 10.3. The molecule has 0 fully saturated rings. The van der Waals surface area contributed by atoms with Crippen LogP contribution < -0.4 is 5.32 Å². The van der Waals surface area contributed by atoms with E-state index in [4.69, 9.17) is 0 Å². The fourth-order valence-electron chi connectivity index (χ4n) is 0.881. The number of allylic oxidation sites excluding steroid dienone is 2. The molecule has 0 aromatic carbocycles. The van der Waals surface area contributed by atoms with Crippen molar-refractivity contribution in [1.82, 2.24) is 9.97 Å². The van der Waals surface area contributed by atoms with Gasteiger partial charge in [0.05, 0.1) is 0 Å². The average molecular weight is 177 g/mol. The molecule has 0 saturated heterocycles. The molecule has 0 aliphatic rings. The molecule has 13 heavy (non-hydrogen) atoms. The molecule has 0 bridgehead atoms. The van der Waals surface area contributed by atoms with Gasteiger partial charge in [0.15, 0.2) is 5.78 Å². The standard InChI is InChI=1S/C9H11N3O/c1-7(6-8(2)13)12-9-10-4-3-5-11-9/h3-6H,1-2H3,(H,10,11,12)/b7-6-. The Kier molecular flexibility index (Phi) is 3.14. The maximum absolute atomic E-state index is 10.7. The summed E-state index contributed by atoms with van der Waals surface area (Å²) in [6.45, 7) is 3.29. The monoisotopic (exact) mass is 177 g/mol. The fourth-order valence-corrected chi connectivity index (χ4v) is 0.881. The van der Waals surface area contributed by atoms with Crippen molar-refractivity contribution in [1.29, 1.82) is 0 Å². The van der Waals surface area contributed by atoms with Crippen LogP contribution in [0.15, 0.2) is 30.2 Å². The third-order valence-corrected chi connectivity index (χ3v) is 1.29. The minimum atomic E-state index is 0.000862. The molecule has 1 aromatic rings. The first-order chi connectivity index (χ1) is 6.18. The number of hydrogen-bond acceptors (Lipinski definition) is 4. The van der Waals surface area contributed by atoms with Crippen LogP contribution in [0, 0.1) is 0 Å². The molecule has 0 saturated carbocycles. The average Bonchev–Trinajstić information content (AvgIpc) is 2.04. The molecular weight excluding hydrogens is 166 g/mol. The molecule has 0 aliphatic carbocycles. The third-order valence-electron chi connectivity index (χ3n) is 1.29. The Hall–Kier alpha value is -1.71. The van der Waals surface area contributed by atoms with E-state index in [0.717, 1.165) is 5.70 Å². The molecule has 0 radical (unpaired) electrons. The van der Waals surface area contributed by atoms with Gasteiger partial charge >= 0.3 is 0 Å². The van der Waals surface area contributed by atoms with E-state index in [1.807, 2.05) is 0 Å². The summed E-state index contributed by atoms with van der Waals surface area (Å²) in [5.74, 6) is 0.499. The van der Waals surface area contributed by atoms with E-state index in [1.54, 1.807) is 25.4 Å². The molecule has 4 heteroatoms. The van der Waals surface area contributed by atoms with Crippen LogP contribution in [-0.4, -0.2) is 15.8 Å². The molecule has 68 valence electrons. The molecular formula is C9H11N3O. The van der Waals surface area contributed by atoms with E-state index in [9.17, 15) is 4.79 Å². The normalized spacial score (nSPS) is 11.1. The van der Waals surface area contributed by atoms with Gasteiger partial charge in [-0.25, -0.2) is 9.97 Å². The molecule has 0 atom stereocenters. The van der Waals surface area contributed by atoms with Gasteiger partial charge in [-0.1, -0.05) is 0 Å². The van der Waals surface area contributed by atoms with Gasteiger partial charge in [0.25, 0.3) is 0 Å². The first-order valence-corrected chi connectivity index (χ1v) is 3.91. The third kappa shape index (κ3) is 3.46. The van der Waals surface area contributed by atoms with Crippen molar-refractivity contribution < 1.29 is 4.79 Å². The van der Waals surface area contributed by atoms with Crippen molar-refractivity contribution in [3.63, 3.8) is 0 Å². The summed E-state index contributed by atoms with van der Waals surface area (Å²) in [6, 6.07) is 1.73. The van der Waals surface area contributed by atoms with Crippen LogP contribution >= 0.6 is 0 Å². The second-order valence-electron chi connectivity index (χ2n) is 2.64. The Morgan fingerprint density at radius 3 is 2.54 bits per heavy atom. The minimum absolute atomic E-state index is 0.000862. The van der Waals surface area contributed by atoms with Crippen LogP contribution in [0.1, 0.15) is 13.8 Å². The van der Waals surface area contributed by atoms with Crippen LogP contribution in [0.4, 0.5) is 5.95 Å². The Balaban J connectivity index is 2.65. The Bertz CT molecular complexity index is 319. The van der Waals surface area contributed by atoms with Gasteiger partial charge < -0.3 is 5.32 Å². The maximum atomic E-state index is 10.7. The van der Waals surface area contributed by atoms with Crippen LogP contribution in [0.25, 0.3) is 0 Å². The molecule has 0 spiro atoms. The van der Waals surface area contributed by atoms with Crippen LogP contribution in [0.3, 0.4) is 0 Å². The zero-order valence-electron chi connectivity index (χ0n) is 7.61. The van der Waals surface area contributed by atoms with Crippen LogP contribution in [0.2, 0.25) is 0 Å². The fraction of sp³-hybridized carbons (Fsp3) is 0.222. The Labute approximate surface area is 76.7 Å². The lowest BCUT2D eigenvalue weighted by Crippen LogP contribution is -2.01. The number of carbonyl (C=O) groups is 1. The van der Waals surface area contributed by atoms with Gasteiger partial charge in [0.2, 0.25) is 5.95 Å². The Morgan fingerprint density at radius 1 is 1.38 bits per heavy atom. The number of rotatable bonds is 3. The molecule has 1 aromatic heterocycles. The number of ketones is 1. The number of carbonyl (C=O) groups excluding carboxylic acids is 1. The number of anilines is 1. The molecule has 1 heterocycles. The van der Waals surface area contributed by atoms with E-state index < -0.39 is 0 Å². The van der Waals surface area contributed by atoms with E-state index in [2.05, 4.69) is 15.3 Å². The van der Waals surface area contributed by atoms with Crippen LogP contribution in [-0.2, 0) is 4.79 Å². The number of hydrogen-bond donors (Lipinski definition) is 1. The molecule has 1 N–H and O–H groups in total. The largest absolute Gasteiger partial charge is 0.328 e. The lowest BCUT2D eigenvalue weighted by Gasteiger charge is -2.01. The minimum Gasteiger partial charge on any atom is -0.328 e. The van der Waals surface area contributed by atoms with Crippen molar-refractivity contribution in [2.75, 3.05) is 5.32 Å². The summed E-state index contributed by atoms with van der Waals surface area (Å²) in [6.07, 6.45) is 4.77. The smallest absolute Gasteiger partial charge is 0.226 e. The summed E-state index contributed by atoms with van der Waals surface area (Å²) >= 11 is 0. The van der Waals surface area contributed by atoms with Crippen molar-refractivity contribution in [2.45, 2.75) is 13.8 Å². The SMILES string of the molecule is CC(=O)/C=C(/C)Nc1ncccn1. The van der Waals surface area contributed by atoms with Crippen molar-refractivity contribution in [3.8, 4) is 0 Å². The van der Waals surface area contributed by atoms with E-state index in [-0.39, 0.29) is 5.78 Å². The van der Waals surface area contributed by atoms with E-state index in [1.165, 1.54) is 13.0 Å². The summed E-state index contributed by atoms with van der Waals surface area (Å²) in [5, 5.41) is 2.89. The first-order valence-electron chi connectivity index (χ1n) is 3.91. The highest BCUT2D eigenvalue weighted by Gasteiger charge is 1.94. The first kappa shape index (κ1) is 9.38. The second kappa shape index (κ2) is 4.35. The maximum Gasteiger partial charge on any atom is 0.226 e. The van der Waals surface area contributed by atoms with Gasteiger partial charge in [-0.2, -0.15) is 0 Å². The summed E-state index contributed by atoms with van der Waals surface area (Å²) in [5.41, 5.74) is 0.735. The van der Waals surface area contributed by atoms with Gasteiger partial charge in [-0.15, -0.1) is 0 Å². The van der Waals surface area contributed by atoms with Gasteiger partial charge in [-0.05, 0) is 26.0 Å². The highest BCUT2D eigenvalue weighted by atomic mass is 16.1. The summed E-state index contributed by atoms with van der Waals surface area (Å²) in [7, 11) is 0. The molecule has 4 nitrogen and oxygen atoms in total. The zero-order valence-corrected chi connectivity index (χ0v) is 7.61. The van der Waals surface area contributed by atoms with Gasteiger partial charge in [0.1, 0.15) is 0 Å².